The van der Waals surface area contributed by atoms with E-state index in [4.69, 9.17) is 17.0 Å². The second-order valence-electron chi connectivity index (χ2n) is 4.87. The second-order valence-corrected chi connectivity index (χ2v) is 5.26. The van der Waals surface area contributed by atoms with Crippen LogP contribution in [0.15, 0.2) is 18.2 Å². The number of nitrogens with one attached hydrogen (secondary N) is 1. The number of nitrogens with zero attached hydrogens (tertiary/aromatic N) is 1. The summed E-state index contributed by atoms with van der Waals surface area (Å²) in [6.45, 7) is 7.27. The third kappa shape index (κ3) is 2.62. The lowest BCUT2D eigenvalue weighted by atomic mass is 10.1. The molecule has 0 unspecified atom stereocenters. The molecule has 0 aliphatic rings. The molecular formula is C13H17FN2OS. The molecule has 0 aliphatic carbocycles. The number of aromatic amines is 1. The number of benzene rings is 1. The van der Waals surface area contributed by atoms with Gasteiger partial charge in [0.25, 0.3) is 0 Å². The first-order chi connectivity index (χ1) is 8.43. The van der Waals surface area contributed by atoms with Crippen LogP contribution < -0.4 is 0 Å². The Morgan fingerprint density at radius 3 is 2.83 bits per heavy atom. The molecule has 98 valence electrons. The van der Waals surface area contributed by atoms with E-state index in [1.54, 1.807) is 6.07 Å². The van der Waals surface area contributed by atoms with Crippen LogP contribution in [0, 0.1) is 10.6 Å². The number of halogens is 1. The fourth-order valence-electron chi connectivity index (χ4n) is 2.11. The van der Waals surface area contributed by atoms with Gasteiger partial charge in [0.2, 0.25) is 0 Å². The van der Waals surface area contributed by atoms with Gasteiger partial charge < -0.3 is 14.3 Å². The van der Waals surface area contributed by atoms with Crippen molar-refractivity contribution in [3.05, 3.63) is 28.8 Å². The first-order valence-corrected chi connectivity index (χ1v) is 6.36. The van der Waals surface area contributed by atoms with Crippen LogP contribution in [0.2, 0.25) is 0 Å². The highest BCUT2D eigenvalue weighted by atomic mass is 32.1. The Labute approximate surface area is 111 Å². The van der Waals surface area contributed by atoms with Crippen LogP contribution >= 0.6 is 12.2 Å². The lowest BCUT2D eigenvalue weighted by Gasteiger charge is -2.25. The summed E-state index contributed by atoms with van der Waals surface area (Å²) < 4.78 is 21.4. The van der Waals surface area contributed by atoms with Crippen LogP contribution in [0.4, 0.5) is 4.39 Å². The van der Waals surface area contributed by atoms with Gasteiger partial charge in [0.05, 0.1) is 23.2 Å². The van der Waals surface area contributed by atoms with Crippen molar-refractivity contribution in [3.8, 4) is 0 Å². The topological polar surface area (TPSA) is 29.9 Å². The highest BCUT2D eigenvalue weighted by Crippen LogP contribution is 2.20. The Morgan fingerprint density at radius 2 is 2.17 bits per heavy atom. The van der Waals surface area contributed by atoms with Crippen LogP contribution in [-0.4, -0.2) is 21.8 Å². The fraction of sp³-hybridized carbons (Fsp3) is 0.462. The number of fused-ring (bicyclic) bond motifs is 1. The Balaban J connectivity index is 2.45. The van der Waals surface area contributed by atoms with Gasteiger partial charge in [-0.25, -0.2) is 4.39 Å². The van der Waals surface area contributed by atoms with E-state index in [-0.39, 0.29) is 11.4 Å². The zero-order valence-electron chi connectivity index (χ0n) is 10.8. The first kappa shape index (κ1) is 13.2. The lowest BCUT2D eigenvalue weighted by molar-refractivity contribution is -0.0219. The standard InChI is InChI=1S/C13H17FN2OS/c1-4-17-13(2,3)8-16-11-6-5-9(14)7-10(11)15-12(16)18/h5-7H,4,8H2,1-3H3,(H,15,18). The first-order valence-electron chi connectivity index (χ1n) is 5.95. The maximum atomic E-state index is 13.1. The van der Waals surface area contributed by atoms with E-state index in [2.05, 4.69) is 4.98 Å². The predicted octanol–water partition coefficient (Wildman–Crippen LogP) is 3.65. The van der Waals surface area contributed by atoms with Gasteiger partial charge in [-0.05, 0) is 51.2 Å². The molecule has 5 heteroatoms. The van der Waals surface area contributed by atoms with Gasteiger partial charge in [-0.3, -0.25) is 0 Å². The highest BCUT2D eigenvalue weighted by molar-refractivity contribution is 7.71. The highest BCUT2D eigenvalue weighted by Gasteiger charge is 2.20. The molecule has 1 heterocycles. The number of hydrogen-bond acceptors (Lipinski definition) is 2. The minimum absolute atomic E-state index is 0.269. The number of hydrogen-bond donors (Lipinski definition) is 1. The van der Waals surface area contributed by atoms with Crippen molar-refractivity contribution in [2.24, 2.45) is 0 Å². The zero-order chi connectivity index (χ0) is 13.3. The molecule has 18 heavy (non-hydrogen) atoms. The Kier molecular flexibility index (Phi) is 3.54. The van der Waals surface area contributed by atoms with Crippen molar-refractivity contribution in [3.63, 3.8) is 0 Å². The number of imidazole rings is 1. The van der Waals surface area contributed by atoms with Crippen LogP contribution in [0.25, 0.3) is 11.0 Å². The lowest BCUT2D eigenvalue weighted by Crippen LogP contribution is -2.30. The monoisotopic (exact) mass is 268 g/mol. The maximum Gasteiger partial charge on any atom is 0.178 e. The van der Waals surface area contributed by atoms with Gasteiger partial charge in [0.15, 0.2) is 4.77 Å². The maximum absolute atomic E-state index is 13.1. The van der Waals surface area contributed by atoms with Crippen molar-refractivity contribution in [2.75, 3.05) is 6.61 Å². The minimum atomic E-state index is -0.309. The fourth-order valence-corrected chi connectivity index (χ4v) is 2.38. The summed E-state index contributed by atoms with van der Waals surface area (Å²) >= 11 is 5.28. The molecule has 0 atom stereocenters. The predicted molar refractivity (Wildman–Crippen MR) is 72.8 cm³/mol. The molecule has 0 bridgehead atoms. The Bertz CT molecular complexity index is 615. The summed E-state index contributed by atoms with van der Waals surface area (Å²) in [5.74, 6) is -0.269. The molecule has 0 fully saturated rings. The van der Waals surface area contributed by atoms with Gasteiger partial charge in [0.1, 0.15) is 5.82 Å². The third-order valence-electron chi connectivity index (χ3n) is 2.81. The minimum Gasteiger partial charge on any atom is -0.374 e. The molecule has 3 nitrogen and oxygen atoms in total. The number of aromatic nitrogens is 2. The van der Waals surface area contributed by atoms with E-state index in [9.17, 15) is 4.39 Å². The summed E-state index contributed by atoms with van der Waals surface area (Å²) in [6, 6.07) is 4.63. The second kappa shape index (κ2) is 4.82. The summed E-state index contributed by atoms with van der Waals surface area (Å²) in [6.07, 6.45) is 0. The molecule has 0 amide bonds. The molecule has 2 aromatic rings. The van der Waals surface area contributed by atoms with Crippen molar-refractivity contribution in [1.29, 1.82) is 0 Å². The van der Waals surface area contributed by atoms with E-state index in [0.717, 1.165) is 5.52 Å². The molecule has 0 spiro atoms. The molecular weight excluding hydrogens is 251 g/mol. The average molecular weight is 268 g/mol. The van der Waals surface area contributed by atoms with Gasteiger partial charge >= 0.3 is 0 Å². The molecule has 1 aromatic carbocycles. The Morgan fingerprint density at radius 1 is 1.44 bits per heavy atom. The van der Waals surface area contributed by atoms with E-state index in [0.29, 0.717) is 23.4 Å². The normalized spacial score (nSPS) is 12.2. The molecule has 0 saturated carbocycles. The average Bonchev–Trinajstić information content (AvgIpc) is 2.54. The van der Waals surface area contributed by atoms with Gasteiger partial charge in [-0.1, -0.05) is 0 Å². The molecule has 2 rings (SSSR count). The summed E-state index contributed by atoms with van der Waals surface area (Å²) in [5, 5.41) is 0. The quantitative estimate of drug-likeness (QED) is 0.858. The van der Waals surface area contributed by atoms with Crippen molar-refractivity contribution < 1.29 is 9.13 Å². The van der Waals surface area contributed by atoms with E-state index >= 15 is 0 Å². The van der Waals surface area contributed by atoms with Gasteiger partial charge in [0, 0.05) is 6.61 Å². The van der Waals surface area contributed by atoms with Crippen molar-refractivity contribution in [2.45, 2.75) is 32.9 Å². The SMILES string of the molecule is CCOC(C)(C)Cn1c(=S)[nH]c2cc(F)ccc21. The Hall–Kier alpha value is -1.20. The van der Waals surface area contributed by atoms with Crippen LogP contribution in [0.3, 0.4) is 0 Å². The molecule has 1 aromatic heterocycles. The summed E-state index contributed by atoms with van der Waals surface area (Å²) in [7, 11) is 0. The van der Waals surface area contributed by atoms with Crippen molar-refractivity contribution >= 4 is 23.3 Å². The van der Waals surface area contributed by atoms with Crippen LogP contribution in [0.1, 0.15) is 20.8 Å². The number of ether oxygens (including phenoxy) is 1. The molecule has 1 N–H and O–H groups in total. The van der Waals surface area contributed by atoms with Crippen LogP contribution in [-0.2, 0) is 11.3 Å². The smallest absolute Gasteiger partial charge is 0.178 e. The van der Waals surface area contributed by atoms with Gasteiger partial charge in [-0.2, -0.15) is 0 Å². The van der Waals surface area contributed by atoms with Crippen molar-refractivity contribution in [1.82, 2.24) is 9.55 Å². The summed E-state index contributed by atoms with van der Waals surface area (Å²) in [5.41, 5.74) is 1.30. The number of rotatable bonds is 4. The van der Waals surface area contributed by atoms with E-state index < -0.39 is 0 Å². The largest absolute Gasteiger partial charge is 0.374 e. The number of H-pyrrole nitrogens is 1. The summed E-state index contributed by atoms with van der Waals surface area (Å²) in [4.78, 5) is 3.01. The molecule has 0 radical (unpaired) electrons. The van der Waals surface area contributed by atoms with Gasteiger partial charge in [-0.15, -0.1) is 0 Å². The van der Waals surface area contributed by atoms with Crippen LogP contribution in [0.5, 0.6) is 0 Å². The molecule has 0 aliphatic heterocycles. The molecule has 0 saturated heterocycles. The zero-order valence-corrected chi connectivity index (χ0v) is 11.6. The van der Waals surface area contributed by atoms with E-state index in [1.165, 1.54) is 12.1 Å². The third-order valence-corrected chi connectivity index (χ3v) is 3.13. The van der Waals surface area contributed by atoms with E-state index in [1.807, 2.05) is 25.3 Å².